The van der Waals surface area contributed by atoms with Gasteiger partial charge in [-0.1, -0.05) is 20.8 Å². The van der Waals surface area contributed by atoms with Crippen LogP contribution in [-0.2, 0) is 4.79 Å². The van der Waals surface area contributed by atoms with E-state index in [4.69, 9.17) is 0 Å². The Morgan fingerprint density at radius 2 is 1.92 bits per heavy atom. The Morgan fingerprint density at radius 1 is 1.38 bits per heavy atom. The van der Waals surface area contributed by atoms with E-state index in [0.717, 1.165) is 6.54 Å². The van der Waals surface area contributed by atoms with Crippen molar-refractivity contribution in [2.75, 3.05) is 20.6 Å². The predicted molar refractivity (Wildman–Crippen MR) is 53.2 cm³/mol. The maximum Gasteiger partial charge on any atom is 0.227 e. The van der Waals surface area contributed by atoms with E-state index in [9.17, 15) is 4.79 Å². The number of hydrogen-bond acceptors (Lipinski definition) is 2. The van der Waals surface area contributed by atoms with Gasteiger partial charge in [0, 0.05) is 19.5 Å². The molecule has 0 bridgehead atoms. The molecule has 3 nitrogen and oxygen atoms in total. The number of nitrogens with zero attached hydrogens (tertiary/aromatic N) is 2. The summed E-state index contributed by atoms with van der Waals surface area (Å²) in [4.78, 5) is 15.8. The van der Waals surface area contributed by atoms with Crippen molar-refractivity contribution in [2.24, 2.45) is 11.8 Å². The van der Waals surface area contributed by atoms with Crippen LogP contribution in [0.2, 0.25) is 0 Å². The van der Waals surface area contributed by atoms with Crippen LogP contribution in [0.3, 0.4) is 0 Å². The van der Waals surface area contributed by atoms with Gasteiger partial charge in [-0.25, -0.2) is 0 Å². The molecule has 1 saturated heterocycles. The number of carbonyl (C=O) groups excluding carboxylic acids is 1. The third-order valence-electron chi connectivity index (χ3n) is 2.78. The SMILES string of the molecule is CC1CN(C)C(C(C)C)N(C)C1=O. The summed E-state index contributed by atoms with van der Waals surface area (Å²) in [5, 5.41) is 0. The van der Waals surface area contributed by atoms with Crippen molar-refractivity contribution in [3.05, 3.63) is 0 Å². The van der Waals surface area contributed by atoms with Gasteiger partial charge < -0.3 is 4.90 Å². The first-order chi connectivity index (χ1) is 5.95. The molecule has 76 valence electrons. The van der Waals surface area contributed by atoms with Gasteiger partial charge in [0.15, 0.2) is 0 Å². The number of hydrogen-bond donors (Lipinski definition) is 0. The molecule has 1 fully saturated rings. The molecule has 0 aromatic carbocycles. The molecule has 0 aromatic rings. The van der Waals surface area contributed by atoms with Crippen LogP contribution in [-0.4, -0.2) is 42.5 Å². The Bertz CT molecular complexity index is 203. The van der Waals surface area contributed by atoms with Crippen LogP contribution in [0.15, 0.2) is 0 Å². The van der Waals surface area contributed by atoms with E-state index in [-0.39, 0.29) is 18.0 Å². The van der Waals surface area contributed by atoms with Crippen LogP contribution in [0, 0.1) is 11.8 Å². The molecular weight excluding hydrogens is 164 g/mol. The van der Waals surface area contributed by atoms with Crippen LogP contribution >= 0.6 is 0 Å². The van der Waals surface area contributed by atoms with Crippen LogP contribution in [0.1, 0.15) is 20.8 Å². The maximum absolute atomic E-state index is 11.7. The molecule has 0 aromatic heterocycles. The van der Waals surface area contributed by atoms with Gasteiger partial charge in [-0.2, -0.15) is 0 Å². The van der Waals surface area contributed by atoms with Crippen molar-refractivity contribution < 1.29 is 4.79 Å². The highest BCUT2D eigenvalue weighted by Crippen LogP contribution is 2.21. The molecule has 3 heteroatoms. The Hall–Kier alpha value is -0.570. The Kier molecular flexibility index (Phi) is 2.96. The van der Waals surface area contributed by atoms with Gasteiger partial charge in [0.1, 0.15) is 0 Å². The molecule has 0 N–H and O–H groups in total. The topological polar surface area (TPSA) is 23.6 Å². The van der Waals surface area contributed by atoms with E-state index < -0.39 is 0 Å². The lowest BCUT2D eigenvalue weighted by molar-refractivity contribution is -0.149. The smallest absolute Gasteiger partial charge is 0.227 e. The second kappa shape index (κ2) is 3.66. The highest BCUT2D eigenvalue weighted by molar-refractivity contribution is 5.79. The summed E-state index contributed by atoms with van der Waals surface area (Å²) >= 11 is 0. The summed E-state index contributed by atoms with van der Waals surface area (Å²) in [5.41, 5.74) is 0. The molecule has 0 saturated carbocycles. The highest BCUT2D eigenvalue weighted by atomic mass is 16.2. The van der Waals surface area contributed by atoms with Crippen molar-refractivity contribution in [3.8, 4) is 0 Å². The number of rotatable bonds is 1. The maximum atomic E-state index is 11.7. The standard InChI is InChI=1S/C10H20N2O/c1-7(2)9-11(4)6-8(3)10(13)12(9)5/h7-9H,6H2,1-5H3. The lowest BCUT2D eigenvalue weighted by atomic mass is 10.0. The molecule has 1 amide bonds. The van der Waals surface area contributed by atoms with E-state index in [0.29, 0.717) is 5.92 Å². The minimum atomic E-state index is 0.144. The molecule has 0 radical (unpaired) electrons. The van der Waals surface area contributed by atoms with Gasteiger partial charge in [-0.3, -0.25) is 9.69 Å². The van der Waals surface area contributed by atoms with Crippen molar-refractivity contribution >= 4 is 5.91 Å². The van der Waals surface area contributed by atoms with E-state index >= 15 is 0 Å². The first kappa shape index (κ1) is 10.5. The molecule has 13 heavy (non-hydrogen) atoms. The van der Waals surface area contributed by atoms with Crippen LogP contribution in [0.25, 0.3) is 0 Å². The lowest BCUT2D eigenvalue weighted by Crippen LogP contribution is -2.58. The Labute approximate surface area is 80.7 Å². The summed E-state index contributed by atoms with van der Waals surface area (Å²) in [6, 6.07) is 0. The second-order valence-electron chi connectivity index (χ2n) is 4.45. The van der Waals surface area contributed by atoms with E-state index in [1.54, 1.807) is 0 Å². The fourth-order valence-corrected chi connectivity index (χ4v) is 2.35. The second-order valence-corrected chi connectivity index (χ2v) is 4.45. The molecule has 2 unspecified atom stereocenters. The molecule has 2 atom stereocenters. The lowest BCUT2D eigenvalue weighted by Gasteiger charge is -2.44. The van der Waals surface area contributed by atoms with Crippen LogP contribution in [0.4, 0.5) is 0 Å². The minimum absolute atomic E-state index is 0.144. The molecule has 1 rings (SSSR count). The summed E-state index contributed by atoms with van der Waals surface area (Å²) in [6.07, 6.45) is 0.267. The van der Waals surface area contributed by atoms with Crippen molar-refractivity contribution in [2.45, 2.75) is 26.9 Å². The normalized spacial score (nSPS) is 31.5. The summed E-state index contributed by atoms with van der Waals surface area (Å²) in [6.45, 7) is 7.18. The van der Waals surface area contributed by atoms with Crippen molar-refractivity contribution in [3.63, 3.8) is 0 Å². The minimum Gasteiger partial charge on any atom is -0.329 e. The summed E-state index contributed by atoms with van der Waals surface area (Å²) < 4.78 is 0. The van der Waals surface area contributed by atoms with Crippen molar-refractivity contribution in [1.82, 2.24) is 9.80 Å². The third kappa shape index (κ3) is 1.85. The zero-order valence-electron chi connectivity index (χ0n) is 9.24. The van der Waals surface area contributed by atoms with Gasteiger partial charge in [-0.05, 0) is 13.0 Å². The van der Waals surface area contributed by atoms with Crippen molar-refractivity contribution in [1.29, 1.82) is 0 Å². The molecule has 1 heterocycles. The molecular formula is C10H20N2O. The summed E-state index contributed by atoms with van der Waals surface area (Å²) in [5.74, 6) is 0.910. The zero-order valence-corrected chi connectivity index (χ0v) is 9.24. The molecule has 1 aliphatic heterocycles. The fraction of sp³-hybridized carbons (Fsp3) is 0.900. The van der Waals surface area contributed by atoms with Crippen LogP contribution in [0.5, 0.6) is 0 Å². The van der Waals surface area contributed by atoms with Crippen LogP contribution < -0.4 is 0 Å². The average molecular weight is 184 g/mol. The van der Waals surface area contributed by atoms with E-state index in [1.807, 2.05) is 18.9 Å². The zero-order chi connectivity index (χ0) is 10.2. The van der Waals surface area contributed by atoms with Gasteiger partial charge in [0.2, 0.25) is 5.91 Å². The first-order valence-electron chi connectivity index (χ1n) is 4.92. The summed E-state index contributed by atoms with van der Waals surface area (Å²) in [7, 11) is 3.99. The number of amides is 1. The first-order valence-corrected chi connectivity index (χ1v) is 4.92. The van der Waals surface area contributed by atoms with Gasteiger partial charge in [0.25, 0.3) is 0 Å². The molecule has 0 spiro atoms. The van der Waals surface area contributed by atoms with E-state index in [1.165, 1.54) is 0 Å². The number of carbonyl (C=O) groups is 1. The van der Waals surface area contributed by atoms with Gasteiger partial charge >= 0.3 is 0 Å². The largest absolute Gasteiger partial charge is 0.329 e. The van der Waals surface area contributed by atoms with Gasteiger partial charge in [0.05, 0.1) is 6.17 Å². The Balaban J connectivity index is 2.79. The predicted octanol–water partition coefficient (Wildman–Crippen LogP) is 1.01. The highest BCUT2D eigenvalue weighted by Gasteiger charge is 2.35. The van der Waals surface area contributed by atoms with Gasteiger partial charge in [-0.15, -0.1) is 0 Å². The molecule has 0 aliphatic carbocycles. The Morgan fingerprint density at radius 3 is 2.38 bits per heavy atom. The average Bonchev–Trinajstić information content (AvgIpc) is 1.99. The van der Waals surface area contributed by atoms with E-state index in [2.05, 4.69) is 25.8 Å². The molecule has 1 aliphatic rings. The monoisotopic (exact) mass is 184 g/mol. The quantitative estimate of drug-likeness (QED) is 0.607. The fourth-order valence-electron chi connectivity index (χ4n) is 2.35. The third-order valence-corrected chi connectivity index (χ3v) is 2.78.